The first kappa shape index (κ1) is 12.6. The van der Waals surface area contributed by atoms with Crippen molar-refractivity contribution in [3.05, 3.63) is 54.4 Å². The predicted molar refractivity (Wildman–Crippen MR) is 71.6 cm³/mol. The number of hydrogen-bond donors (Lipinski definition) is 1. The molecule has 0 bridgehead atoms. The largest absolute Gasteiger partial charge is 0.461 e. The van der Waals surface area contributed by atoms with Crippen LogP contribution in [0.3, 0.4) is 0 Å². The second kappa shape index (κ2) is 6.12. The zero-order valence-corrected chi connectivity index (χ0v) is 10.8. The number of nitrogens with one attached hydrogen (secondary N) is 1. The van der Waals surface area contributed by atoms with Crippen molar-refractivity contribution in [3.63, 3.8) is 0 Å². The van der Waals surface area contributed by atoms with E-state index in [1.54, 1.807) is 24.6 Å². The van der Waals surface area contributed by atoms with Crippen molar-refractivity contribution in [3.8, 4) is 11.6 Å². The molecule has 3 aromatic heterocycles. The molecule has 1 N–H and O–H groups in total. The van der Waals surface area contributed by atoms with Gasteiger partial charge in [-0.25, -0.2) is 0 Å². The van der Waals surface area contributed by atoms with E-state index in [1.807, 2.05) is 18.2 Å². The average molecular weight is 270 g/mol. The monoisotopic (exact) mass is 270 g/mol. The summed E-state index contributed by atoms with van der Waals surface area (Å²) >= 11 is 0. The minimum atomic E-state index is 0.469. The van der Waals surface area contributed by atoms with Crippen molar-refractivity contribution in [2.24, 2.45) is 0 Å². The van der Waals surface area contributed by atoms with Crippen molar-refractivity contribution in [2.45, 2.75) is 13.0 Å². The van der Waals surface area contributed by atoms with Crippen LogP contribution < -0.4 is 5.32 Å². The molecule has 0 amide bonds. The van der Waals surface area contributed by atoms with Crippen molar-refractivity contribution < 1.29 is 8.94 Å². The third kappa shape index (κ3) is 3.10. The molecule has 0 fully saturated rings. The molecular weight excluding hydrogens is 256 g/mol. The Kier molecular flexibility index (Phi) is 3.84. The lowest BCUT2D eigenvalue weighted by atomic mass is 10.3. The fraction of sp³-hybridized carbons (Fsp3) is 0.214. The minimum absolute atomic E-state index is 0.469. The molecule has 102 valence electrons. The van der Waals surface area contributed by atoms with E-state index in [2.05, 4.69) is 20.4 Å². The van der Waals surface area contributed by atoms with Crippen LogP contribution in [-0.4, -0.2) is 21.7 Å². The maximum Gasteiger partial charge on any atom is 0.241 e. The molecule has 3 heterocycles. The summed E-state index contributed by atoms with van der Waals surface area (Å²) in [6, 6.07) is 9.48. The highest BCUT2D eigenvalue weighted by Crippen LogP contribution is 2.15. The summed E-state index contributed by atoms with van der Waals surface area (Å²) in [7, 11) is 0. The van der Waals surface area contributed by atoms with E-state index >= 15 is 0 Å². The second-order valence-corrected chi connectivity index (χ2v) is 4.24. The lowest BCUT2D eigenvalue weighted by Gasteiger charge is -2.00. The Morgan fingerprint density at radius 2 is 2.15 bits per heavy atom. The molecule has 0 atom stereocenters. The third-order valence-corrected chi connectivity index (χ3v) is 2.77. The molecule has 0 radical (unpaired) electrons. The van der Waals surface area contributed by atoms with Crippen LogP contribution in [0.1, 0.15) is 11.6 Å². The summed E-state index contributed by atoms with van der Waals surface area (Å²) in [6.07, 6.45) is 4.24. The molecular formula is C14H14N4O2. The van der Waals surface area contributed by atoms with Crippen molar-refractivity contribution in [1.82, 2.24) is 20.4 Å². The van der Waals surface area contributed by atoms with Crippen LogP contribution in [0.25, 0.3) is 11.6 Å². The molecule has 3 rings (SSSR count). The van der Waals surface area contributed by atoms with Crippen LogP contribution in [-0.2, 0) is 13.0 Å². The average Bonchev–Trinajstić information content (AvgIpc) is 3.15. The van der Waals surface area contributed by atoms with Gasteiger partial charge in [0.05, 0.1) is 12.8 Å². The lowest BCUT2D eigenvalue weighted by molar-refractivity contribution is 0.367. The molecule has 0 aromatic carbocycles. The van der Waals surface area contributed by atoms with Gasteiger partial charge in [-0.1, -0.05) is 11.2 Å². The summed E-state index contributed by atoms with van der Waals surface area (Å²) in [5, 5.41) is 7.11. The number of pyridine rings is 1. The van der Waals surface area contributed by atoms with E-state index in [4.69, 9.17) is 8.94 Å². The van der Waals surface area contributed by atoms with Crippen molar-refractivity contribution >= 4 is 0 Å². The Hall–Kier alpha value is -2.47. The first-order valence-corrected chi connectivity index (χ1v) is 6.39. The smallest absolute Gasteiger partial charge is 0.241 e. The fourth-order valence-corrected chi connectivity index (χ4v) is 1.79. The van der Waals surface area contributed by atoms with E-state index in [9.17, 15) is 0 Å². The highest BCUT2D eigenvalue weighted by atomic mass is 16.5. The van der Waals surface area contributed by atoms with Gasteiger partial charge in [0.15, 0.2) is 5.76 Å². The van der Waals surface area contributed by atoms with E-state index in [0.29, 0.717) is 24.0 Å². The van der Waals surface area contributed by atoms with Gasteiger partial charge in [0.2, 0.25) is 11.7 Å². The van der Waals surface area contributed by atoms with Crippen LogP contribution in [0, 0.1) is 0 Å². The van der Waals surface area contributed by atoms with E-state index in [1.165, 1.54) is 0 Å². The lowest BCUT2D eigenvalue weighted by Crippen LogP contribution is -2.17. The molecule has 0 saturated heterocycles. The first-order valence-electron chi connectivity index (χ1n) is 6.39. The molecule has 6 nitrogen and oxygen atoms in total. The third-order valence-electron chi connectivity index (χ3n) is 2.77. The molecule has 0 aliphatic heterocycles. The van der Waals surface area contributed by atoms with Crippen LogP contribution in [0.4, 0.5) is 0 Å². The molecule has 0 aliphatic rings. The van der Waals surface area contributed by atoms with Gasteiger partial charge in [-0.3, -0.25) is 4.98 Å². The Morgan fingerprint density at radius 3 is 2.95 bits per heavy atom. The fourth-order valence-electron chi connectivity index (χ4n) is 1.79. The molecule has 0 unspecified atom stereocenters. The van der Waals surface area contributed by atoms with E-state index in [-0.39, 0.29) is 0 Å². The number of rotatable bonds is 6. The van der Waals surface area contributed by atoms with Gasteiger partial charge in [0, 0.05) is 24.9 Å². The maximum absolute atomic E-state index is 5.20. The van der Waals surface area contributed by atoms with Gasteiger partial charge >= 0.3 is 0 Å². The van der Waals surface area contributed by atoms with Gasteiger partial charge in [-0.2, -0.15) is 4.98 Å². The van der Waals surface area contributed by atoms with Crippen LogP contribution in [0.15, 0.2) is 51.7 Å². The van der Waals surface area contributed by atoms with Gasteiger partial charge in [0.25, 0.3) is 0 Å². The normalized spacial score (nSPS) is 10.8. The molecule has 3 aromatic rings. The Labute approximate surface area is 115 Å². The second-order valence-electron chi connectivity index (χ2n) is 4.24. The SMILES string of the molecule is c1ccc(CCNCc2nc(-c3ccco3)no2)nc1. The Morgan fingerprint density at radius 1 is 1.15 bits per heavy atom. The van der Waals surface area contributed by atoms with Crippen LogP contribution in [0.2, 0.25) is 0 Å². The topological polar surface area (TPSA) is 77.0 Å². The van der Waals surface area contributed by atoms with Gasteiger partial charge < -0.3 is 14.3 Å². The zero-order valence-electron chi connectivity index (χ0n) is 10.8. The number of aromatic nitrogens is 3. The highest BCUT2D eigenvalue weighted by molar-refractivity contribution is 5.44. The highest BCUT2D eigenvalue weighted by Gasteiger charge is 2.09. The number of nitrogens with zero attached hydrogens (tertiary/aromatic N) is 3. The van der Waals surface area contributed by atoms with E-state index in [0.717, 1.165) is 18.7 Å². The summed E-state index contributed by atoms with van der Waals surface area (Å²) in [4.78, 5) is 8.50. The summed E-state index contributed by atoms with van der Waals surface area (Å²) in [5.41, 5.74) is 1.06. The number of hydrogen-bond acceptors (Lipinski definition) is 6. The maximum atomic E-state index is 5.20. The standard InChI is InChI=1S/C14H14N4O2/c1-2-7-16-11(4-1)6-8-15-10-13-17-14(18-20-13)12-5-3-9-19-12/h1-5,7,9,15H,6,8,10H2. The quantitative estimate of drug-likeness (QED) is 0.691. The molecule has 0 saturated carbocycles. The van der Waals surface area contributed by atoms with Crippen LogP contribution >= 0.6 is 0 Å². The molecule has 20 heavy (non-hydrogen) atoms. The molecule has 0 spiro atoms. The molecule has 0 aliphatic carbocycles. The summed E-state index contributed by atoms with van der Waals surface area (Å²) < 4.78 is 10.3. The van der Waals surface area contributed by atoms with Crippen LogP contribution in [0.5, 0.6) is 0 Å². The Bertz CT molecular complexity index is 634. The first-order chi connectivity index (χ1) is 9.92. The van der Waals surface area contributed by atoms with Gasteiger partial charge in [0.1, 0.15) is 0 Å². The zero-order chi connectivity index (χ0) is 13.6. The summed E-state index contributed by atoms with van der Waals surface area (Å²) in [6.45, 7) is 1.33. The Balaban J connectivity index is 1.47. The minimum Gasteiger partial charge on any atom is -0.461 e. The van der Waals surface area contributed by atoms with Crippen molar-refractivity contribution in [1.29, 1.82) is 0 Å². The predicted octanol–water partition coefficient (Wildman–Crippen LogP) is 2.06. The number of furan rings is 1. The van der Waals surface area contributed by atoms with Crippen molar-refractivity contribution in [2.75, 3.05) is 6.54 Å². The summed E-state index contributed by atoms with van der Waals surface area (Å²) in [5.74, 6) is 1.61. The van der Waals surface area contributed by atoms with E-state index < -0.39 is 0 Å². The van der Waals surface area contributed by atoms with Gasteiger partial charge in [-0.15, -0.1) is 0 Å². The molecule has 6 heteroatoms. The van der Waals surface area contributed by atoms with Gasteiger partial charge in [-0.05, 0) is 24.3 Å².